The van der Waals surface area contributed by atoms with E-state index < -0.39 is 35.5 Å². The molecule has 1 saturated carbocycles. The minimum atomic E-state index is -0.699. The Kier molecular flexibility index (Phi) is 13.7. The van der Waals surface area contributed by atoms with E-state index in [0.717, 1.165) is 80.0 Å². The average Bonchev–Trinajstić information content (AvgIpc) is 4.01. The van der Waals surface area contributed by atoms with Crippen LogP contribution >= 0.6 is 0 Å². The topological polar surface area (TPSA) is 175 Å². The van der Waals surface area contributed by atoms with Crippen molar-refractivity contribution < 1.29 is 28.7 Å². The third kappa shape index (κ3) is 10.9. The van der Waals surface area contributed by atoms with E-state index in [2.05, 4.69) is 44.9 Å². The van der Waals surface area contributed by atoms with Gasteiger partial charge in [0.1, 0.15) is 34.9 Å². The number of likely N-dealkylation sites (tertiary alicyclic amines) is 2. The summed E-state index contributed by atoms with van der Waals surface area (Å²) < 4.78 is 10.9. The van der Waals surface area contributed by atoms with Gasteiger partial charge in [0, 0.05) is 30.9 Å². The summed E-state index contributed by atoms with van der Waals surface area (Å²) in [4.78, 5) is 73.2. The van der Waals surface area contributed by atoms with Gasteiger partial charge < -0.3 is 39.9 Å². The van der Waals surface area contributed by atoms with Gasteiger partial charge in [-0.05, 0) is 122 Å². The Labute approximate surface area is 355 Å². The van der Waals surface area contributed by atoms with E-state index in [1.165, 1.54) is 5.56 Å². The first-order chi connectivity index (χ1) is 28.3. The molecule has 4 N–H and O–H groups in total. The molecule has 0 bridgehead atoms. The zero-order chi connectivity index (χ0) is 43.5. The molecule has 3 aromatic rings. The minimum absolute atomic E-state index is 0.101. The number of ether oxygens (including phenoxy) is 2. The molecule has 3 aliphatic rings. The molecule has 2 aliphatic heterocycles. The highest BCUT2D eigenvalue weighted by molar-refractivity contribution is 5.87. The molecule has 1 aromatic carbocycles. The Hall–Kier alpha value is -4.88. The van der Waals surface area contributed by atoms with Crippen LogP contribution in [0.1, 0.15) is 167 Å². The first-order valence-corrected chi connectivity index (χ1v) is 22.1. The van der Waals surface area contributed by atoms with Crippen LogP contribution in [0.4, 0.5) is 9.59 Å². The van der Waals surface area contributed by atoms with Gasteiger partial charge in [-0.1, -0.05) is 52.0 Å². The van der Waals surface area contributed by atoms with Crippen molar-refractivity contribution in [1.82, 2.24) is 40.4 Å². The van der Waals surface area contributed by atoms with Gasteiger partial charge in [0.2, 0.25) is 11.8 Å². The highest BCUT2D eigenvalue weighted by Crippen LogP contribution is 2.41. The monoisotopic (exact) mass is 829 g/mol. The number of hydrogen-bond donors (Lipinski definition) is 4. The van der Waals surface area contributed by atoms with Crippen LogP contribution < -0.4 is 10.6 Å². The number of amides is 4. The Bertz CT molecular complexity index is 1950. The zero-order valence-corrected chi connectivity index (χ0v) is 37.4. The number of carbonyl (C=O) groups excluding carboxylic acids is 4. The third-order valence-corrected chi connectivity index (χ3v) is 12.0. The molecule has 4 heterocycles. The van der Waals surface area contributed by atoms with Crippen LogP contribution in [-0.2, 0) is 19.1 Å². The molecule has 0 spiro atoms. The molecule has 2 saturated heterocycles. The number of benzene rings is 1. The van der Waals surface area contributed by atoms with Crippen molar-refractivity contribution in [2.75, 3.05) is 13.1 Å². The fraction of sp³-hybridized carbons (Fsp3) is 0.652. The predicted molar refractivity (Wildman–Crippen MR) is 230 cm³/mol. The second kappa shape index (κ2) is 18.4. The smallest absolute Gasteiger partial charge is 0.408 e. The molecule has 14 heteroatoms. The van der Waals surface area contributed by atoms with E-state index in [0.29, 0.717) is 24.9 Å². The van der Waals surface area contributed by atoms with Gasteiger partial charge in [-0.15, -0.1) is 0 Å². The van der Waals surface area contributed by atoms with Gasteiger partial charge in [0.05, 0.1) is 24.0 Å². The van der Waals surface area contributed by atoms with Gasteiger partial charge in [-0.25, -0.2) is 19.6 Å². The molecule has 1 aliphatic carbocycles. The van der Waals surface area contributed by atoms with Crippen LogP contribution in [0.25, 0.3) is 11.3 Å². The molecule has 6 rings (SSSR count). The van der Waals surface area contributed by atoms with Crippen molar-refractivity contribution >= 4 is 24.0 Å². The van der Waals surface area contributed by atoms with Gasteiger partial charge >= 0.3 is 12.2 Å². The van der Waals surface area contributed by atoms with Crippen LogP contribution in [0, 0.1) is 11.8 Å². The van der Waals surface area contributed by atoms with Crippen molar-refractivity contribution in [2.45, 2.75) is 168 Å². The summed E-state index contributed by atoms with van der Waals surface area (Å²) in [5, 5.41) is 5.64. The lowest BCUT2D eigenvalue weighted by Crippen LogP contribution is -2.52. The van der Waals surface area contributed by atoms with Crippen molar-refractivity contribution in [3.05, 3.63) is 59.6 Å². The van der Waals surface area contributed by atoms with E-state index in [1.807, 2.05) is 70.7 Å². The Balaban J connectivity index is 1.03. The lowest BCUT2D eigenvalue weighted by Gasteiger charge is -2.31. The Morgan fingerprint density at radius 3 is 1.57 bits per heavy atom. The second-order valence-corrected chi connectivity index (χ2v) is 19.7. The van der Waals surface area contributed by atoms with Crippen LogP contribution in [0.15, 0.2) is 36.7 Å². The second-order valence-electron chi connectivity index (χ2n) is 19.7. The van der Waals surface area contributed by atoms with Crippen molar-refractivity contribution in [3.8, 4) is 11.3 Å². The third-order valence-electron chi connectivity index (χ3n) is 12.0. The SMILES string of the molecule is CC(C)C(NC(=O)OC(C)(C)C)C(=O)N1CCCC1c1ncc(-c2ccc(C3CCC(c4cnc(C5CCCN5C(=O)C(NC(=O)OC(C)(C)C)C(C)C)[nH]4)CC3)cc2)[nH]1. The number of H-pyrrole nitrogens is 2. The standard InChI is InChI=1S/C46H68N8O6/c1-27(2)37(51-43(57)59-45(5,6)7)41(55)53-23-11-13-35(53)39-47-25-33(49-39)31-19-15-29(16-20-31)30-17-21-32(22-18-30)34-26-48-40(50-34)36-14-12-24-54(36)42(56)38(28(3)4)52-44(58)60-46(8,9)10/h15-16,19-20,25-28,30,32,35-38H,11-14,17-18,21-24H2,1-10H3,(H,47,49)(H,48,50)(H,51,57)(H,52,58). The maximum atomic E-state index is 13.8. The first-order valence-electron chi connectivity index (χ1n) is 22.1. The van der Waals surface area contributed by atoms with Crippen LogP contribution in [0.3, 0.4) is 0 Å². The van der Waals surface area contributed by atoms with Gasteiger partial charge in [0.15, 0.2) is 0 Å². The maximum absolute atomic E-state index is 13.8. The van der Waals surface area contributed by atoms with Crippen molar-refractivity contribution in [3.63, 3.8) is 0 Å². The summed E-state index contributed by atoms with van der Waals surface area (Å²) >= 11 is 0. The van der Waals surface area contributed by atoms with Crippen LogP contribution in [0.2, 0.25) is 0 Å². The molecule has 60 heavy (non-hydrogen) atoms. The quantitative estimate of drug-likeness (QED) is 0.149. The van der Waals surface area contributed by atoms with Crippen LogP contribution in [0.5, 0.6) is 0 Å². The summed E-state index contributed by atoms with van der Waals surface area (Å²) in [5.41, 5.74) is 3.09. The molecule has 14 nitrogen and oxygen atoms in total. The number of alkyl carbamates (subject to hydrolysis) is 2. The number of hydrogen-bond acceptors (Lipinski definition) is 8. The van der Waals surface area contributed by atoms with Crippen molar-refractivity contribution in [1.29, 1.82) is 0 Å². The van der Waals surface area contributed by atoms with Gasteiger partial charge in [0.25, 0.3) is 0 Å². The molecular weight excluding hydrogens is 761 g/mol. The zero-order valence-electron chi connectivity index (χ0n) is 37.4. The number of rotatable bonds is 11. The van der Waals surface area contributed by atoms with E-state index >= 15 is 0 Å². The number of aromatic nitrogens is 4. The van der Waals surface area contributed by atoms with E-state index in [9.17, 15) is 19.2 Å². The molecule has 0 radical (unpaired) electrons. The highest BCUT2D eigenvalue weighted by Gasteiger charge is 2.40. The highest BCUT2D eigenvalue weighted by atomic mass is 16.6. The van der Waals surface area contributed by atoms with E-state index in [1.54, 1.807) is 20.8 Å². The molecule has 3 fully saturated rings. The molecule has 2 aromatic heterocycles. The first kappa shape index (κ1) is 44.7. The number of nitrogens with zero attached hydrogens (tertiary/aromatic N) is 4. The van der Waals surface area contributed by atoms with Gasteiger partial charge in [-0.2, -0.15) is 0 Å². The van der Waals surface area contributed by atoms with E-state index in [4.69, 9.17) is 19.4 Å². The lowest BCUT2D eigenvalue weighted by atomic mass is 9.77. The fourth-order valence-electron chi connectivity index (χ4n) is 8.94. The molecule has 4 amide bonds. The summed E-state index contributed by atoms with van der Waals surface area (Å²) in [6, 6.07) is 7.02. The van der Waals surface area contributed by atoms with Crippen LogP contribution in [-0.4, -0.2) is 90.1 Å². The lowest BCUT2D eigenvalue weighted by molar-refractivity contribution is -0.136. The number of nitrogens with one attached hydrogen (secondary N) is 4. The summed E-state index contributed by atoms with van der Waals surface area (Å²) in [5.74, 6) is 1.97. The molecule has 328 valence electrons. The van der Waals surface area contributed by atoms with Gasteiger partial charge in [-0.3, -0.25) is 9.59 Å². The largest absolute Gasteiger partial charge is 0.444 e. The summed E-state index contributed by atoms with van der Waals surface area (Å²) in [7, 11) is 0. The fourth-order valence-corrected chi connectivity index (χ4v) is 8.94. The normalized spacial score (nSPS) is 22.2. The number of imidazole rings is 2. The molecule has 4 unspecified atom stereocenters. The summed E-state index contributed by atoms with van der Waals surface area (Å²) in [6.45, 7) is 19.8. The molecular formula is C46H68N8O6. The Morgan fingerprint density at radius 2 is 1.10 bits per heavy atom. The molecule has 4 atom stereocenters. The number of aromatic amines is 2. The predicted octanol–water partition coefficient (Wildman–Crippen LogP) is 8.67. The van der Waals surface area contributed by atoms with Crippen molar-refractivity contribution in [2.24, 2.45) is 11.8 Å². The maximum Gasteiger partial charge on any atom is 0.408 e. The average molecular weight is 829 g/mol. The Morgan fingerprint density at radius 1 is 0.650 bits per heavy atom. The van der Waals surface area contributed by atoms with E-state index in [-0.39, 0.29) is 35.7 Å². The summed E-state index contributed by atoms with van der Waals surface area (Å²) in [6.07, 6.45) is 10.2. The number of carbonyl (C=O) groups is 4. The minimum Gasteiger partial charge on any atom is -0.444 e.